The van der Waals surface area contributed by atoms with Crippen LogP contribution in [-0.2, 0) is 16.1 Å². The molecule has 0 spiro atoms. The van der Waals surface area contributed by atoms with Crippen LogP contribution in [0.3, 0.4) is 0 Å². The third kappa shape index (κ3) is 3.52. The van der Waals surface area contributed by atoms with Crippen LogP contribution in [0.5, 0.6) is 0 Å². The summed E-state index contributed by atoms with van der Waals surface area (Å²) in [5.41, 5.74) is 1.00. The fourth-order valence-electron chi connectivity index (χ4n) is 3.47. The number of nitrogens with zero attached hydrogens (tertiary/aromatic N) is 6. The number of fused-ring (bicyclic) bond motifs is 1. The van der Waals surface area contributed by atoms with Crippen molar-refractivity contribution in [1.82, 2.24) is 24.6 Å². The molecule has 9 heteroatoms. The van der Waals surface area contributed by atoms with Gasteiger partial charge < -0.3 is 14.5 Å². The second-order valence-electron chi connectivity index (χ2n) is 6.61. The molecular weight excluding hydrogens is 339 g/mol. The molecule has 0 bridgehead atoms. The number of rotatable bonds is 5. The van der Waals surface area contributed by atoms with Gasteiger partial charge in [-0.2, -0.15) is 5.10 Å². The predicted octanol–water partition coefficient (Wildman–Crippen LogP) is 1.01. The Morgan fingerprint density at radius 1 is 1.27 bits per heavy atom. The average molecular weight is 360 g/mol. The lowest BCUT2D eigenvalue weighted by atomic mass is 10.2. The molecule has 0 aromatic carbocycles. The van der Waals surface area contributed by atoms with Crippen LogP contribution in [0.2, 0.25) is 0 Å². The Labute approximate surface area is 150 Å². The topological polar surface area (TPSA) is 76.4 Å². The van der Waals surface area contributed by atoms with Crippen LogP contribution in [0, 0.1) is 5.82 Å². The van der Waals surface area contributed by atoms with Gasteiger partial charge in [-0.05, 0) is 18.9 Å². The first-order valence-corrected chi connectivity index (χ1v) is 8.81. The molecule has 26 heavy (non-hydrogen) atoms. The van der Waals surface area contributed by atoms with Gasteiger partial charge in [0.2, 0.25) is 11.9 Å². The first-order valence-electron chi connectivity index (χ1n) is 8.81. The Morgan fingerprint density at radius 3 is 2.81 bits per heavy atom. The Balaban J connectivity index is 1.40. The maximum absolute atomic E-state index is 13.1. The lowest BCUT2D eigenvalue weighted by molar-refractivity contribution is -0.135. The minimum atomic E-state index is -0.462. The number of hydrogen-bond donors (Lipinski definition) is 0. The molecular formula is C17H21FN6O2. The highest BCUT2D eigenvalue weighted by atomic mass is 19.1. The van der Waals surface area contributed by atoms with Crippen LogP contribution in [0.25, 0.3) is 0 Å². The van der Waals surface area contributed by atoms with E-state index >= 15 is 0 Å². The summed E-state index contributed by atoms with van der Waals surface area (Å²) < 4.78 is 20.7. The van der Waals surface area contributed by atoms with Crippen molar-refractivity contribution in [2.45, 2.75) is 25.4 Å². The molecule has 1 fully saturated rings. The van der Waals surface area contributed by atoms with Gasteiger partial charge in [-0.15, -0.1) is 0 Å². The summed E-state index contributed by atoms with van der Waals surface area (Å²) in [5, 5.41) is 4.37. The molecule has 4 heterocycles. The zero-order chi connectivity index (χ0) is 17.9. The van der Waals surface area contributed by atoms with Gasteiger partial charge in [0.25, 0.3) is 0 Å². The van der Waals surface area contributed by atoms with E-state index in [1.54, 1.807) is 6.20 Å². The maximum Gasteiger partial charge on any atom is 0.248 e. The lowest BCUT2D eigenvalue weighted by Crippen LogP contribution is -2.41. The molecule has 0 aliphatic carbocycles. The monoisotopic (exact) mass is 360 g/mol. The minimum Gasteiger partial charge on any atom is -0.369 e. The normalized spacial score (nSPS) is 19.7. The van der Waals surface area contributed by atoms with E-state index in [4.69, 9.17) is 4.74 Å². The molecule has 8 nitrogen and oxygen atoms in total. The number of aromatic nitrogens is 4. The van der Waals surface area contributed by atoms with E-state index < -0.39 is 5.82 Å². The van der Waals surface area contributed by atoms with Crippen LogP contribution in [0.1, 0.15) is 24.6 Å². The number of hydrogen-bond acceptors (Lipinski definition) is 6. The third-order valence-corrected chi connectivity index (χ3v) is 4.77. The van der Waals surface area contributed by atoms with E-state index in [0.717, 1.165) is 44.0 Å². The number of likely N-dealkylation sites (tertiary alicyclic amines) is 1. The lowest BCUT2D eigenvalue weighted by Gasteiger charge is -2.33. The van der Waals surface area contributed by atoms with Crippen LogP contribution in [0.4, 0.5) is 10.3 Å². The summed E-state index contributed by atoms with van der Waals surface area (Å²) in [6.45, 7) is 3.27. The zero-order valence-electron chi connectivity index (χ0n) is 14.4. The highest BCUT2D eigenvalue weighted by molar-refractivity contribution is 5.77. The molecule has 1 amide bonds. The third-order valence-electron chi connectivity index (χ3n) is 4.77. The summed E-state index contributed by atoms with van der Waals surface area (Å²) in [4.78, 5) is 24.1. The van der Waals surface area contributed by atoms with Crippen molar-refractivity contribution in [2.24, 2.45) is 0 Å². The molecule has 2 aliphatic heterocycles. The SMILES string of the molecule is O=C(COCC1CN(c2ncc(F)cn2)Cc2ccnn21)N1CCCC1. The Kier molecular flexibility index (Phi) is 4.79. The number of anilines is 1. The molecule has 2 aromatic heterocycles. The summed E-state index contributed by atoms with van der Waals surface area (Å²) in [6.07, 6.45) is 6.20. The molecule has 138 valence electrons. The molecule has 1 unspecified atom stereocenters. The number of carbonyl (C=O) groups is 1. The Morgan fingerprint density at radius 2 is 2.04 bits per heavy atom. The predicted molar refractivity (Wildman–Crippen MR) is 90.9 cm³/mol. The first-order chi connectivity index (χ1) is 12.7. The average Bonchev–Trinajstić information content (AvgIpc) is 3.34. The molecule has 1 atom stereocenters. The van der Waals surface area contributed by atoms with Crippen molar-refractivity contribution >= 4 is 11.9 Å². The second kappa shape index (κ2) is 7.36. The number of ether oxygens (including phenoxy) is 1. The van der Waals surface area contributed by atoms with E-state index in [2.05, 4.69) is 15.1 Å². The minimum absolute atomic E-state index is 0.0396. The van der Waals surface area contributed by atoms with Crippen molar-refractivity contribution in [3.05, 3.63) is 36.2 Å². The standard InChI is InChI=1S/C17H21FN6O2/c18-13-7-19-17(20-8-13)23-9-14-3-4-21-24(14)15(10-23)11-26-12-16(25)22-5-1-2-6-22/h3-4,7-8,15H,1-2,5-6,9-12H2. The van der Waals surface area contributed by atoms with Crippen LogP contribution in [0.15, 0.2) is 24.7 Å². The highest BCUT2D eigenvalue weighted by Crippen LogP contribution is 2.23. The summed E-state index contributed by atoms with van der Waals surface area (Å²) in [6, 6.07) is 1.87. The zero-order valence-corrected chi connectivity index (χ0v) is 14.4. The van der Waals surface area contributed by atoms with Crippen molar-refractivity contribution in [3.63, 3.8) is 0 Å². The van der Waals surface area contributed by atoms with E-state index in [0.29, 0.717) is 25.6 Å². The van der Waals surface area contributed by atoms with Crippen LogP contribution in [-0.4, -0.2) is 63.4 Å². The quantitative estimate of drug-likeness (QED) is 0.792. The van der Waals surface area contributed by atoms with Crippen molar-refractivity contribution < 1.29 is 13.9 Å². The van der Waals surface area contributed by atoms with Gasteiger partial charge in [-0.3, -0.25) is 9.48 Å². The number of carbonyl (C=O) groups excluding carboxylic acids is 1. The van der Waals surface area contributed by atoms with Gasteiger partial charge in [0.15, 0.2) is 5.82 Å². The van der Waals surface area contributed by atoms with Gasteiger partial charge in [-0.1, -0.05) is 0 Å². The van der Waals surface area contributed by atoms with Crippen molar-refractivity contribution in [3.8, 4) is 0 Å². The molecule has 2 aliphatic rings. The van der Waals surface area contributed by atoms with E-state index in [9.17, 15) is 9.18 Å². The molecule has 2 aromatic rings. The highest BCUT2D eigenvalue weighted by Gasteiger charge is 2.28. The fraction of sp³-hybridized carbons (Fsp3) is 0.529. The Bertz CT molecular complexity index is 759. The fourth-order valence-corrected chi connectivity index (χ4v) is 3.47. The van der Waals surface area contributed by atoms with Gasteiger partial charge >= 0.3 is 0 Å². The van der Waals surface area contributed by atoms with Gasteiger partial charge in [0.05, 0.1) is 37.3 Å². The van der Waals surface area contributed by atoms with Gasteiger partial charge in [0, 0.05) is 25.8 Å². The van der Waals surface area contributed by atoms with Crippen LogP contribution >= 0.6 is 0 Å². The maximum atomic E-state index is 13.1. The van der Waals surface area contributed by atoms with Crippen molar-refractivity contribution in [2.75, 3.05) is 37.7 Å². The summed E-state index contributed by atoms with van der Waals surface area (Å²) >= 11 is 0. The van der Waals surface area contributed by atoms with E-state index in [1.807, 2.05) is 20.5 Å². The van der Waals surface area contributed by atoms with E-state index in [-0.39, 0.29) is 18.6 Å². The molecule has 0 radical (unpaired) electrons. The largest absolute Gasteiger partial charge is 0.369 e. The first kappa shape index (κ1) is 16.9. The van der Waals surface area contributed by atoms with Gasteiger partial charge in [0.1, 0.15) is 6.61 Å². The number of halogens is 1. The number of amides is 1. The molecule has 1 saturated heterocycles. The summed E-state index contributed by atoms with van der Waals surface area (Å²) in [5.74, 6) is 0.0471. The van der Waals surface area contributed by atoms with Crippen molar-refractivity contribution in [1.29, 1.82) is 0 Å². The van der Waals surface area contributed by atoms with E-state index in [1.165, 1.54) is 0 Å². The van der Waals surface area contributed by atoms with Gasteiger partial charge in [-0.25, -0.2) is 14.4 Å². The Hall–Kier alpha value is -2.55. The summed E-state index contributed by atoms with van der Waals surface area (Å²) in [7, 11) is 0. The second-order valence-corrected chi connectivity index (χ2v) is 6.61. The molecule has 0 saturated carbocycles. The molecule has 4 rings (SSSR count). The van der Waals surface area contributed by atoms with Crippen LogP contribution < -0.4 is 4.90 Å². The molecule has 0 N–H and O–H groups in total. The smallest absolute Gasteiger partial charge is 0.248 e.